The Kier molecular flexibility index (Phi) is 6.71. The minimum atomic E-state index is -0.480. The van der Waals surface area contributed by atoms with Gasteiger partial charge in [-0.3, -0.25) is 23.9 Å². The fraction of sp³-hybridized carbons (Fsp3) is 0.524. The maximum atomic E-state index is 12.9. The number of aromatic nitrogens is 2. The summed E-state index contributed by atoms with van der Waals surface area (Å²) in [5.74, 6) is -0.0388. The Labute approximate surface area is 174 Å². The van der Waals surface area contributed by atoms with Crippen LogP contribution in [-0.4, -0.2) is 81.9 Å². The van der Waals surface area contributed by atoms with E-state index in [0.717, 1.165) is 4.57 Å². The van der Waals surface area contributed by atoms with Crippen LogP contribution in [0.2, 0.25) is 0 Å². The molecule has 9 heteroatoms. The number of piperazine rings is 1. The van der Waals surface area contributed by atoms with Gasteiger partial charge in [-0.1, -0.05) is 0 Å². The molecule has 1 aromatic heterocycles. The van der Waals surface area contributed by atoms with Gasteiger partial charge in [0.15, 0.2) is 0 Å². The van der Waals surface area contributed by atoms with E-state index in [1.165, 1.54) is 0 Å². The molecule has 1 N–H and O–H groups in total. The summed E-state index contributed by atoms with van der Waals surface area (Å²) in [6.07, 6.45) is 0. The molecule has 30 heavy (non-hydrogen) atoms. The highest BCUT2D eigenvalue weighted by molar-refractivity contribution is 5.97. The third kappa shape index (κ3) is 4.30. The predicted octanol–water partition coefficient (Wildman–Crippen LogP) is 0.336. The molecule has 1 fully saturated rings. The van der Waals surface area contributed by atoms with Crippen LogP contribution >= 0.6 is 0 Å². The van der Waals surface area contributed by atoms with Crippen LogP contribution in [0.15, 0.2) is 27.8 Å². The van der Waals surface area contributed by atoms with E-state index >= 15 is 0 Å². The summed E-state index contributed by atoms with van der Waals surface area (Å²) < 4.78 is 1.13. The average Bonchev–Trinajstić information content (AvgIpc) is 2.74. The molecule has 0 bridgehead atoms. The average molecular weight is 415 g/mol. The standard InChI is InChI=1S/C21H29N5O4/c1-4-24(5-2)18(27)14-23-9-11-25(12-10-23)19(28)15-7-8-16-17(13-15)22-21(30)26(6-3)20(16)29/h7-8,13H,4-6,9-12,14H2,1-3H3,(H,22,30). The lowest BCUT2D eigenvalue weighted by Gasteiger charge is -2.35. The fourth-order valence-electron chi connectivity index (χ4n) is 3.83. The third-order valence-electron chi connectivity index (χ3n) is 5.68. The first-order valence-electron chi connectivity index (χ1n) is 10.5. The Balaban J connectivity index is 1.69. The summed E-state index contributed by atoms with van der Waals surface area (Å²) in [6.45, 7) is 10.0. The van der Waals surface area contributed by atoms with Crippen molar-refractivity contribution >= 4 is 22.7 Å². The van der Waals surface area contributed by atoms with Crippen molar-refractivity contribution in [2.75, 3.05) is 45.8 Å². The van der Waals surface area contributed by atoms with Crippen LogP contribution in [-0.2, 0) is 11.3 Å². The third-order valence-corrected chi connectivity index (χ3v) is 5.68. The molecule has 2 aromatic rings. The van der Waals surface area contributed by atoms with E-state index in [1.807, 2.05) is 13.8 Å². The van der Waals surface area contributed by atoms with Crippen molar-refractivity contribution in [1.82, 2.24) is 24.3 Å². The van der Waals surface area contributed by atoms with Gasteiger partial charge in [0.25, 0.3) is 11.5 Å². The molecule has 1 aromatic carbocycles. The summed E-state index contributed by atoms with van der Waals surface area (Å²) in [5, 5.41) is 0.382. The van der Waals surface area contributed by atoms with Gasteiger partial charge in [-0.15, -0.1) is 0 Å². The molecule has 2 amide bonds. The molecule has 0 unspecified atom stereocenters. The predicted molar refractivity (Wildman–Crippen MR) is 115 cm³/mol. The Hall–Kier alpha value is -2.94. The number of likely N-dealkylation sites (N-methyl/N-ethyl adjacent to an activating group) is 1. The maximum absolute atomic E-state index is 12.9. The molecule has 1 aliphatic heterocycles. The molecule has 3 rings (SSSR count). The van der Waals surface area contributed by atoms with E-state index in [4.69, 9.17) is 0 Å². The van der Waals surface area contributed by atoms with Gasteiger partial charge in [0.1, 0.15) is 0 Å². The van der Waals surface area contributed by atoms with Gasteiger partial charge >= 0.3 is 5.69 Å². The normalized spacial score (nSPS) is 14.8. The van der Waals surface area contributed by atoms with Crippen molar-refractivity contribution in [2.45, 2.75) is 27.3 Å². The molecule has 0 spiro atoms. The first-order chi connectivity index (χ1) is 14.4. The highest BCUT2D eigenvalue weighted by Crippen LogP contribution is 2.13. The second kappa shape index (κ2) is 9.25. The summed E-state index contributed by atoms with van der Waals surface area (Å²) >= 11 is 0. The summed E-state index contributed by atoms with van der Waals surface area (Å²) in [4.78, 5) is 58.0. The van der Waals surface area contributed by atoms with Gasteiger partial charge < -0.3 is 14.8 Å². The van der Waals surface area contributed by atoms with Gasteiger partial charge in [-0.05, 0) is 39.0 Å². The van der Waals surface area contributed by atoms with Crippen LogP contribution in [0.25, 0.3) is 10.9 Å². The van der Waals surface area contributed by atoms with Crippen molar-refractivity contribution in [3.05, 3.63) is 44.6 Å². The monoisotopic (exact) mass is 415 g/mol. The smallest absolute Gasteiger partial charge is 0.328 e. The van der Waals surface area contributed by atoms with Gasteiger partial charge in [-0.2, -0.15) is 0 Å². The highest BCUT2D eigenvalue weighted by atomic mass is 16.2. The Morgan fingerprint density at radius 2 is 1.70 bits per heavy atom. The maximum Gasteiger partial charge on any atom is 0.328 e. The van der Waals surface area contributed by atoms with Gasteiger partial charge in [0.05, 0.1) is 17.4 Å². The van der Waals surface area contributed by atoms with Crippen molar-refractivity contribution in [3.63, 3.8) is 0 Å². The molecular formula is C21H29N5O4. The Morgan fingerprint density at radius 3 is 2.30 bits per heavy atom. The summed E-state index contributed by atoms with van der Waals surface area (Å²) in [5.41, 5.74) is -0.0451. The van der Waals surface area contributed by atoms with Gasteiger partial charge in [-0.25, -0.2) is 4.79 Å². The molecule has 0 atom stereocenters. The lowest BCUT2D eigenvalue weighted by Crippen LogP contribution is -2.51. The summed E-state index contributed by atoms with van der Waals surface area (Å²) in [7, 11) is 0. The second-order valence-corrected chi connectivity index (χ2v) is 7.37. The van der Waals surface area contributed by atoms with Crippen LogP contribution < -0.4 is 11.2 Å². The number of rotatable bonds is 6. The van der Waals surface area contributed by atoms with Crippen molar-refractivity contribution in [3.8, 4) is 0 Å². The number of H-pyrrole nitrogens is 1. The van der Waals surface area contributed by atoms with Crippen LogP contribution in [0, 0.1) is 0 Å². The molecule has 0 saturated carbocycles. The number of amides is 2. The largest absolute Gasteiger partial charge is 0.342 e. The number of benzene rings is 1. The van der Waals surface area contributed by atoms with Crippen LogP contribution in [0.5, 0.6) is 0 Å². The number of aromatic amines is 1. The summed E-state index contributed by atoms with van der Waals surface area (Å²) in [6, 6.07) is 4.78. The number of carbonyl (C=O) groups is 2. The zero-order valence-corrected chi connectivity index (χ0v) is 17.8. The van der Waals surface area contributed by atoms with E-state index in [9.17, 15) is 19.2 Å². The van der Waals surface area contributed by atoms with Crippen LogP contribution in [0.3, 0.4) is 0 Å². The number of hydrogen-bond acceptors (Lipinski definition) is 5. The number of fused-ring (bicyclic) bond motifs is 1. The van der Waals surface area contributed by atoms with Crippen LogP contribution in [0.4, 0.5) is 0 Å². The Morgan fingerprint density at radius 1 is 1.03 bits per heavy atom. The zero-order chi connectivity index (χ0) is 21.8. The molecule has 162 valence electrons. The minimum Gasteiger partial charge on any atom is -0.342 e. The van der Waals surface area contributed by atoms with E-state index < -0.39 is 5.69 Å². The van der Waals surface area contributed by atoms with E-state index in [-0.39, 0.29) is 23.9 Å². The van der Waals surface area contributed by atoms with Gasteiger partial charge in [0.2, 0.25) is 5.91 Å². The topological polar surface area (TPSA) is 98.7 Å². The van der Waals surface area contributed by atoms with Crippen LogP contribution in [0.1, 0.15) is 31.1 Å². The van der Waals surface area contributed by atoms with Crippen molar-refractivity contribution in [1.29, 1.82) is 0 Å². The quantitative estimate of drug-likeness (QED) is 0.733. The zero-order valence-electron chi connectivity index (χ0n) is 17.8. The second-order valence-electron chi connectivity index (χ2n) is 7.37. The minimum absolute atomic E-state index is 0.107. The molecule has 1 aliphatic rings. The number of nitrogens with zero attached hydrogens (tertiary/aromatic N) is 4. The van der Waals surface area contributed by atoms with Gasteiger partial charge in [0, 0.05) is 51.4 Å². The van der Waals surface area contributed by atoms with E-state index in [0.29, 0.717) is 62.3 Å². The van der Waals surface area contributed by atoms with Crippen molar-refractivity contribution in [2.24, 2.45) is 0 Å². The molecule has 1 saturated heterocycles. The first-order valence-corrected chi connectivity index (χ1v) is 10.5. The Bertz CT molecular complexity index is 1050. The van der Waals surface area contributed by atoms with E-state index in [2.05, 4.69) is 9.88 Å². The molecule has 9 nitrogen and oxygen atoms in total. The van der Waals surface area contributed by atoms with Crippen molar-refractivity contribution < 1.29 is 9.59 Å². The molecule has 0 aliphatic carbocycles. The lowest BCUT2D eigenvalue weighted by atomic mass is 10.1. The van der Waals surface area contributed by atoms with E-state index in [1.54, 1.807) is 34.9 Å². The number of hydrogen-bond donors (Lipinski definition) is 1. The first kappa shape index (κ1) is 21.8. The molecular weight excluding hydrogens is 386 g/mol. The number of carbonyl (C=O) groups excluding carboxylic acids is 2. The molecule has 0 radical (unpaired) electrons. The fourth-order valence-corrected chi connectivity index (χ4v) is 3.83. The SMILES string of the molecule is CCN(CC)C(=O)CN1CCN(C(=O)c2ccc3c(=O)n(CC)c(=O)[nH]c3c2)CC1. The lowest BCUT2D eigenvalue weighted by molar-refractivity contribution is -0.132. The molecule has 2 heterocycles. The number of nitrogens with one attached hydrogen (secondary N) is 1. The highest BCUT2D eigenvalue weighted by Gasteiger charge is 2.24.